The van der Waals surface area contributed by atoms with Gasteiger partial charge in [-0.3, -0.25) is 4.79 Å². The second kappa shape index (κ2) is 6.77. The maximum absolute atomic E-state index is 11.5. The van der Waals surface area contributed by atoms with E-state index < -0.39 is 11.9 Å². The number of nitrogens with zero attached hydrogens (tertiary/aromatic N) is 1. The zero-order valence-corrected chi connectivity index (χ0v) is 11.2. The number of carbonyl (C=O) groups is 2. The number of ether oxygens (including phenoxy) is 2. The number of thiazole rings is 1. The van der Waals surface area contributed by atoms with Gasteiger partial charge in [0.2, 0.25) is 0 Å². The highest BCUT2D eigenvalue weighted by Gasteiger charge is 2.15. The van der Waals surface area contributed by atoms with Crippen molar-refractivity contribution in [2.24, 2.45) is 0 Å². The Bertz CT molecular complexity index is 510. The van der Waals surface area contributed by atoms with Gasteiger partial charge in [0.25, 0.3) is 0 Å². The first kappa shape index (κ1) is 14.2. The van der Waals surface area contributed by atoms with Gasteiger partial charge >= 0.3 is 11.9 Å². The molecular weight excluding hydrogens is 254 g/mol. The lowest BCUT2D eigenvalue weighted by atomic mass is 10.4. The van der Waals surface area contributed by atoms with Gasteiger partial charge in [0.05, 0.1) is 19.4 Å². The van der Waals surface area contributed by atoms with Crippen LogP contribution in [0, 0.1) is 18.8 Å². The van der Waals surface area contributed by atoms with E-state index in [0.29, 0.717) is 22.2 Å². The number of esters is 2. The van der Waals surface area contributed by atoms with Crippen LogP contribution in [-0.2, 0) is 14.3 Å². The van der Waals surface area contributed by atoms with Crippen LogP contribution in [0.2, 0.25) is 0 Å². The topological polar surface area (TPSA) is 65.5 Å². The van der Waals surface area contributed by atoms with E-state index in [2.05, 4.69) is 21.6 Å². The minimum Gasteiger partial charge on any atom is -0.468 e. The van der Waals surface area contributed by atoms with Gasteiger partial charge in [0.15, 0.2) is 5.01 Å². The fourth-order valence-corrected chi connectivity index (χ4v) is 1.93. The number of rotatable bonds is 3. The third kappa shape index (κ3) is 3.86. The third-order valence-electron chi connectivity index (χ3n) is 1.91. The van der Waals surface area contributed by atoms with E-state index in [0.717, 1.165) is 11.3 Å². The Morgan fingerprint density at radius 3 is 2.78 bits per heavy atom. The molecule has 6 heteroatoms. The Balaban J connectivity index is 2.78. The smallest absolute Gasteiger partial charge is 0.350 e. The van der Waals surface area contributed by atoms with Gasteiger partial charge < -0.3 is 9.47 Å². The molecule has 96 valence electrons. The van der Waals surface area contributed by atoms with Crippen LogP contribution in [0.5, 0.6) is 0 Å². The molecule has 0 aliphatic rings. The Morgan fingerprint density at radius 2 is 2.17 bits per heavy atom. The summed E-state index contributed by atoms with van der Waals surface area (Å²) in [5, 5.41) is 0.486. The fourth-order valence-electron chi connectivity index (χ4n) is 1.10. The molecule has 0 fully saturated rings. The van der Waals surface area contributed by atoms with Gasteiger partial charge in [-0.15, -0.1) is 0 Å². The van der Waals surface area contributed by atoms with E-state index in [4.69, 9.17) is 4.74 Å². The molecule has 0 aliphatic carbocycles. The second-order valence-corrected chi connectivity index (χ2v) is 4.21. The van der Waals surface area contributed by atoms with Crippen LogP contribution >= 0.6 is 11.3 Å². The molecular formula is C12H13NO4S. The lowest BCUT2D eigenvalue weighted by Crippen LogP contribution is -2.03. The summed E-state index contributed by atoms with van der Waals surface area (Å²) in [5.74, 6) is 4.56. The van der Waals surface area contributed by atoms with E-state index in [1.54, 1.807) is 13.8 Å². The SMILES string of the molecule is CCOC(=O)c1sc(C#CCC(=O)OC)nc1C. The summed E-state index contributed by atoms with van der Waals surface area (Å²) in [7, 11) is 1.30. The number of methoxy groups -OCH3 is 1. The molecule has 0 aliphatic heterocycles. The van der Waals surface area contributed by atoms with Crippen molar-refractivity contribution in [3.63, 3.8) is 0 Å². The van der Waals surface area contributed by atoms with Gasteiger partial charge in [-0.05, 0) is 19.8 Å². The maximum atomic E-state index is 11.5. The van der Waals surface area contributed by atoms with Crippen molar-refractivity contribution in [2.45, 2.75) is 20.3 Å². The Kier molecular flexibility index (Phi) is 5.33. The Hall–Kier alpha value is -1.87. The van der Waals surface area contributed by atoms with Crippen LogP contribution in [0.1, 0.15) is 33.7 Å². The number of aromatic nitrogens is 1. The van der Waals surface area contributed by atoms with Gasteiger partial charge in [-0.2, -0.15) is 0 Å². The van der Waals surface area contributed by atoms with Crippen molar-refractivity contribution < 1.29 is 19.1 Å². The first-order valence-electron chi connectivity index (χ1n) is 5.28. The molecule has 18 heavy (non-hydrogen) atoms. The highest BCUT2D eigenvalue weighted by molar-refractivity contribution is 7.14. The first-order chi connectivity index (χ1) is 8.58. The standard InChI is InChI=1S/C12H13NO4S/c1-4-17-12(15)11-8(2)13-9(18-11)6-5-7-10(14)16-3/h4,7H2,1-3H3. The summed E-state index contributed by atoms with van der Waals surface area (Å²) >= 11 is 1.16. The van der Waals surface area contributed by atoms with Gasteiger partial charge in [-0.25, -0.2) is 9.78 Å². The van der Waals surface area contributed by atoms with Gasteiger partial charge in [0, 0.05) is 0 Å². The number of hydrogen-bond donors (Lipinski definition) is 0. The summed E-state index contributed by atoms with van der Waals surface area (Å²) in [6, 6.07) is 0. The zero-order valence-electron chi connectivity index (χ0n) is 10.4. The average Bonchev–Trinajstić information content (AvgIpc) is 2.70. The molecule has 0 N–H and O–H groups in total. The first-order valence-corrected chi connectivity index (χ1v) is 6.10. The molecule has 5 nitrogen and oxygen atoms in total. The summed E-state index contributed by atoms with van der Waals surface area (Å²) < 4.78 is 9.35. The minimum absolute atomic E-state index is 0.00384. The van der Waals surface area contributed by atoms with Crippen molar-refractivity contribution in [2.75, 3.05) is 13.7 Å². The molecule has 0 atom stereocenters. The van der Waals surface area contributed by atoms with E-state index in [1.807, 2.05) is 0 Å². The number of aryl methyl sites for hydroxylation is 1. The summed E-state index contributed by atoms with van der Waals surface area (Å²) in [6.45, 7) is 3.78. The normalized spacial score (nSPS) is 9.28. The number of carbonyl (C=O) groups excluding carboxylic acids is 2. The highest BCUT2D eigenvalue weighted by atomic mass is 32.1. The monoisotopic (exact) mass is 267 g/mol. The lowest BCUT2D eigenvalue weighted by molar-refractivity contribution is -0.139. The summed E-state index contributed by atoms with van der Waals surface area (Å²) in [4.78, 5) is 27.0. The predicted octanol–water partition coefficient (Wildman–Crippen LogP) is 1.54. The molecule has 0 radical (unpaired) electrons. The Morgan fingerprint density at radius 1 is 1.44 bits per heavy atom. The van der Waals surface area contributed by atoms with Crippen LogP contribution in [0.25, 0.3) is 0 Å². The maximum Gasteiger partial charge on any atom is 0.350 e. The average molecular weight is 267 g/mol. The molecule has 0 unspecified atom stereocenters. The third-order valence-corrected chi connectivity index (χ3v) is 2.97. The van der Waals surface area contributed by atoms with Crippen LogP contribution in [-0.4, -0.2) is 30.6 Å². The minimum atomic E-state index is -0.401. The van der Waals surface area contributed by atoms with Gasteiger partial charge in [0.1, 0.15) is 11.3 Å². The number of hydrogen-bond acceptors (Lipinski definition) is 6. The fraction of sp³-hybridized carbons (Fsp3) is 0.417. The quantitative estimate of drug-likeness (QED) is 0.614. The molecule has 0 bridgehead atoms. The second-order valence-electron chi connectivity index (χ2n) is 3.21. The van der Waals surface area contributed by atoms with E-state index in [-0.39, 0.29) is 6.42 Å². The Labute approximate surface area is 109 Å². The molecule has 0 spiro atoms. The van der Waals surface area contributed by atoms with Gasteiger partial charge in [-0.1, -0.05) is 17.3 Å². The highest BCUT2D eigenvalue weighted by Crippen LogP contribution is 2.18. The molecule has 1 rings (SSSR count). The van der Waals surface area contributed by atoms with Crippen molar-refractivity contribution in [1.29, 1.82) is 0 Å². The van der Waals surface area contributed by atoms with Crippen molar-refractivity contribution >= 4 is 23.3 Å². The molecule has 0 amide bonds. The molecule has 0 saturated carbocycles. The molecule has 0 aromatic carbocycles. The summed E-state index contributed by atoms with van der Waals surface area (Å²) in [5.41, 5.74) is 0.584. The van der Waals surface area contributed by atoms with E-state index in [9.17, 15) is 9.59 Å². The molecule has 1 heterocycles. The zero-order chi connectivity index (χ0) is 13.5. The molecule has 1 aromatic heterocycles. The van der Waals surface area contributed by atoms with Crippen LogP contribution in [0.3, 0.4) is 0 Å². The predicted molar refractivity (Wildman–Crippen MR) is 66.3 cm³/mol. The largest absolute Gasteiger partial charge is 0.468 e. The van der Waals surface area contributed by atoms with Crippen molar-refractivity contribution in [3.8, 4) is 11.8 Å². The van der Waals surface area contributed by atoms with E-state index >= 15 is 0 Å². The van der Waals surface area contributed by atoms with Crippen molar-refractivity contribution in [3.05, 3.63) is 15.6 Å². The van der Waals surface area contributed by atoms with Crippen molar-refractivity contribution in [1.82, 2.24) is 4.98 Å². The van der Waals surface area contributed by atoms with E-state index in [1.165, 1.54) is 7.11 Å². The molecule has 1 aromatic rings. The molecule has 0 saturated heterocycles. The lowest BCUT2D eigenvalue weighted by Gasteiger charge is -1.97. The van der Waals surface area contributed by atoms with Crippen LogP contribution in [0.15, 0.2) is 0 Å². The summed E-state index contributed by atoms with van der Waals surface area (Å²) in [6.07, 6.45) is 0.00384. The van der Waals surface area contributed by atoms with Crippen LogP contribution < -0.4 is 0 Å². The van der Waals surface area contributed by atoms with Crippen LogP contribution in [0.4, 0.5) is 0 Å².